The first-order chi connectivity index (χ1) is 3.71. The zero-order valence-corrected chi connectivity index (χ0v) is 9.45. The second-order valence-corrected chi connectivity index (χ2v) is 6.98. The molecule has 2 heteroatoms. The zero-order valence-electron chi connectivity index (χ0n) is 7.82. The highest BCUT2D eigenvalue weighted by Gasteiger charge is 2.20. The monoisotopic (exact) mass is 182 g/mol. The molecule has 0 aromatic heterocycles. The molecule has 0 amide bonds. The van der Waals surface area contributed by atoms with Crippen molar-refractivity contribution in [2.45, 2.75) is 51.0 Å². The quantitative estimate of drug-likeness (QED) is 0.550. The van der Waals surface area contributed by atoms with E-state index in [-0.39, 0.29) is 12.4 Å². The molecule has 0 aromatic rings. The van der Waals surface area contributed by atoms with Gasteiger partial charge in [0.2, 0.25) is 0 Å². The van der Waals surface area contributed by atoms with E-state index in [1.807, 2.05) is 11.8 Å². The topological polar surface area (TPSA) is 0 Å². The molecule has 0 saturated heterocycles. The standard InChI is InChI=1S/C8H18S.ClH/c1-7(2,3)9-8(4,5)6;/h1-6H3;1H. The molecule has 0 unspecified atom stereocenters. The Kier molecular flexibility index (Phi) is 5.12. The molecule has 0 atom stereocenters. The van der Waals surface area contributed by atoms with Crippen LogP contribution in [0.1, 0.15) is 41.5 Å². The smallest absolute Gasteiger partial charge is 0.00803 e. The van der Waals surface area contributed by atoms with E-state index in [1.165, 1.54) is 0 Å². The fourth-order valence-corrected chi connectivity index (χ4v) is 2.76. The molecule has 0 radical (unpaired) electrons. The van der Waals surface area contributed by atoms with Gasteiger partial charge in [0.15, 0.2) is 0 Å². The normalized spacial score (nSPS) is 12.6. The highest BCUT2D eigenvalue weighted by atomic mass is 35.5. The van der Waals surface area contributed by atoms with Gasteiger partial charge in [-0.05, 0) is 0 Å². The Morgan fingerprint density at radius 2 is 0.900 bits per heavy atom. The second-order valence-electron chi connectivity index (χ2n) is 4.33. The van der Waals surface area contributed by atoms with Crippen LogP contribution >= 0.6 is 24.2 Å². The third-order valence-corrected chi connectivity index (χ3v) is 1.84. The van der Waals surface area contributed by atoms with Crippen LogP contribution in [-0.2, 0) is 0 Å². The Labute approximate surface area is 75.6 Å². The first kappa shape index (κ1) is 13.2. The van der Waals surface area contributed by atoms with Crippen LogP contribution in [0.3, 0.4) is 0 Å². The van der Waals surface area contributed by atoms with Gasteiger partial charge in [0, 0.05) is 9.49 Å². The minimum absolute atomic E-state index is 0. The van der Waals surface area contributed by atoms with Crippen LogP contribution in [0.25, 0.3) is 0 Å². The first-order valence-corrected chi connectivity index (χ1v) is 4.22. The lowest BCUT2D eigenvalue weighted by Crippen LogP contribution is -2.19. The molecule has 0 aliphatic rings. The maximum absolute atomic E-state index is 2.25. The lowest BCUT2D eigenvalue weighted by molar-refractivity contribution is 0.740. The van der Waals surface area contributed by atoms with Crippen LogP contribution in [-0.4, -0.2) is 9.49 Å². The molecule has 0 aliphatic carbocycles. The molecule has 0 bridgehead atoms. The summed E-state index contributed by atoms with van der Waals surface area (Å²) in [6.45, 7) is 13.5. The summed E-state index contributed by atoms with van der Waals surface area (Å²) in [7, 11) is 0. The molecule has 0 aliphatic heterocycles. The van der Waals surface area contributed by atoms with Crippen molar-refractivity contribution < 1.29 is 0 Å². The largest absolute Gasteiger partial charge is 0.150 e. The summed E-state index contributed by atoms with van der Waals surface area (Å²) in [6, 6.07) is 0. The van der Waals surface area contributed by atoms with E-state index < -0.39 is 0 Å². The third kappa shape index (κ3) is 11.4. The average Bonchev–Trinajstić information content (AvgIpc) is 1.14. The van der Waals surface area contributed by atoms with Gasteiger partial charge in [0.1, 0.15) is 0 Å². The van der Waals surface area contributed by atoms with Crippen molar-refractivity contribution in [1.82, 2.24) is 0 Å². The SMILES string of the molecule is CC(C)(C)SC(C)(C)C.Cl. The summed E-state index contributed by atoms with van der Waals surface area (Å²) >= 11 is 2.01. The Balaban J connectivity index is 0. The highest BCUT2D eigenvalue weighted by molar-refractivity contribution is 8.01. The molecule has 0 fully saturated rings. The van der Waals surface area contributed by atoms with Crippen LogP contribution in [0.4, 0.5) is 0 Å². The minimum Gasteiger partial charge on any atom is -0.150 e. The summed E-state index contributed by atoms with van der Waals surface area (Å²) in [6.07, 6.45) is 0. The van der Waals surface area contributed by atoms with Crippen LogP contribution < -0.4 is 0 Å². The number of thioether (sulfide) groups is 1. The zero-order chi connectivity index (χ0) is 7.71. The maximum Gasteiger partial charge on any atom is 0.00803 e. The molecular formula is C8H19ClS. The van der Waals surface area contributed by atoms with Gasteiger partial charge in [-0.3, -0.25) is 0 Å². The summed E-state index contributed by atoms with van der Waals surface area (Å²) in [5, 5.41) is 0. The summed E-state index contributed by atoms with van der Waals surface area (Å²) in [5.41, 5.74) is 0. The van der Waals surface area contributed by atoms with Gasteiger partial charge in [0.05, 0.1) is 0 Å². The predicted molar refractivity (Wildman–Crippen MR) is 54.3 cm³/mol. The number of rotatable bonds is 0. The van der Waals surface area contributed by atoms with E-state index in [0.29, 0.717) is 9.49 Å². The number of hydrogen-bond acceptors (Lipinski definition) is 1. The molecule has 0 spiro atoms. The molecule has 10 heavy (non-hydrogen) atoms. The molecule has 0 N–H and O–H groups in total. The lowest BCUT2D eigenvalue weighted by atomic mass is 10.2. The van der Waals surface area contributed by atoms with E-state index in [1.54, 1.807) is 0 Å². The summed E-state index contributed by atoms with van der Waals surface area (Å²) in [5.74, 6) is 0. The molecule has 0 nitrogen and oxygen atoms in total. The van der Waals surface area contributed by atoms with E-state index in [9.17, 15) is 0 Å². The van der Waals surface area contributed by atoms with E-state index in [4.69, 9.17) is 0 Å². The molecule has 64 valence electrons. The van der Waals surface area contributed by atoms with Crippen molar-refractivity contribution in [3.63, 3.8) is 0 Å². The average molecular weight is 183 g/mol. The number of hydrogen-bond donors (Lipinski definition) is 0. The van der Waals surface area contributed by atoms with Gasteiger partial charge < -0.3 is 0 Å². The Morgan fingerprint density at radius 3 is 0.900 bits per heavy atom. The lowest BCUT2D eigenvalue weighted by Gasteiger charge is -2.28. The predicted octanol–water partition coefficient (Wildman–Crippen LogP) is 3.74. The van der Waals surface area contributed by atoms with Crippen molar-refractivity contribution >= 4 is 24.2 Å². The van der Waals surface area contributed by atoms with Gasteiger partial charge in [-0.1, -0.05) is 41.5 Å². The van der Waals surface area contributed by atoms with Crippen molar-refractivity contribution in [2.75, 3.05) is 0 Å². The van der Waals surface area contributed by atoms with Crippen molar-refractivity contribution in [1.29, 1.82) is 0 Å². The fraction of sp³-hybridized carbons (Fsp3) is 1.00. The number of halogens is 1. The molecule has 0 aromatic carbocycles. The molecular weight excluding hydrogens is 164 g/mol. The first-order valence-electron chi connectivity index (χ1n) is 3.41. The van der Waals surface area contributed by atoms with E-state index in [0.717, 1.165) is 0 Å². The maximum atomic E-state index is 2.25. The van der Waals surface area contributed by atoms with Crippen LogP contribution in [0, 0.1) is 0 Å². The van der Waals surface area contributed by atoms with E-state index >= 15 is 0 Å². The molecule has 0 heterocycles. The fourth-order valence-electron chi connectivity index (χ4n) is 0.919. The van der Waals surface area contributed by atoms with Crippen LogP contribution in [0.15, 0.2) is 0 Å². The van der Waals surface area contributed by atoms with Crippen LogP contribution in [0.5, 0.6) is 0 Å². The third-order valence-electron chi connectivity index (χ3n) is 0.612. The van der Waals surface area contributed by atoms with Crippen LogP contribution in [0.2, 0.25) is 0 Å². The summed E-state index contributed by atoms with van der Waals surface area (Å²) < 4.78 is 0.802. The molecule has 0 saturated carbocycles. The van der Waals surface area contributed by atoms with Crippen molar-refractivity contribution in [2.24, 2.45) is 0 Å². The van der Waals surface area contributed by atoms with Gasteiger partial charge in [-0.25, -0.2) is 0 Å². The van der Waals surface area contributed by atoms with Gasteiger partial charge in [0.25, 0.3) is 0 Å². The van der Waals surface area contributed by atoms with Crippen molar-refractivity contribution in [3.8, 4) is 0 Å². The highest BCUT2D eigenvalue weighted by Crippen LogP contribution is 2.35. The van der Waals surface area contributed by atoms with Gasteiger partial charge >= 0.3 is 0 Å². The van der Waals surface area contributed by atoms with Gasteiger partial charge in [-0.15, -0.1) is 12.4 Å². The Morgan fingerprint density at radius 1 is 0.700 bits per heavy atom. The molecule has 0 rings (SSSR count). The minimum atomic E-state index is 0. The second kappa shape index (κ2) is 3.87. The summed E-state index contributed by atoms with van der Waals surface area (Å²) in [4.78, 5) is 0. The van der Waals surface area contributed by atoms with E-state index in [2.05, 4.69) is 41.5 Å². The van der Waals surface area contributed by atoms with Crippen molar-refractivity contribution in [3.05, 3.63) is 0 Å². The van der Waals surface area contributed by atoms with Gasteiger partial charge in [-0.2, -0.15) is 11.8 Å². The Bertz CT molecular complexity index is 74.4. The Hall–Kier alpha value is 0.640.